The molecule has 0 saturated heterocycles. The summed E-state index contributed by atoms with van der Waals surface area (Å²) in [5.74, 6) is -0.197. The first kappa shape index (κ1) is 15.3. The molecule has 0 unspecified atom stereocenters. The summed E-state index contributed by atoms with van der Waals surface area (Å²) in [5.41, 5.74) is 4.61. The van der Waals surface area contributed by atoms with Gasteiger partial charge in [-0.15, -0.1) is 0 Å². The van der Waals surface area contributed by atoms with Crippen LogP contribution in [0.15, 0.2) is 48.5 Å². The zero-order valence-electron chi connectivity index (χ0n) is 13.7. The van der Waals surface area contributed by atoms with Crippen molar-refractivity contribution in [2.75, 3.05) is 6.54 Å². The lowest BCUT2D eigenvalue weighted by Gasteiger charge is -2.15. The number of fused-ring (bicyclic) bond motifs is 1. The summed E-state index contributed by atoms with van der Waals surface area (Å²) in [6.07, 6.45) is 4.08. The smallest absolute Gasteiger partial charge is 0.209 e. The molecule has 1 aliphatic rings. The number of phenols is 2. The molecular weight excluding hydrogens is 286 g/mol. The van der Waals surface area contributed by atoms with Crippen LogP contribution in [0.5, 0.6) is 11.5 Å². The van der Waals surface area contributed by atoms with Crippen molar-refractivity contribution >= 4 is 17.5 Å². The van der Waals surface area contributed by atoms with E-state index in [0.29, 0.717) is 0 Å². The molecule has 0 fully saturated rings. The quantitative estimate of drug-likeness (QED) is 0.659. The molecule has 0 aliphatic carbocycles. The fourth-order valence-electron chi connectivity index (χ4n) is 3.30. The third kappa shape index (κ3) is 2.52. The van der Waals surface area contributed by atoms with Gasteiger partial charge in [0.2, 0.25) is 5.69 Å². The SMILES string of the molecule is CC[N+]1=C(/C=C/c2ccc(O)c(O)c2)C(C)(C)c2ccccc21. The summed E-state index contributed by atoms with van der Waals surface area (Å²) in [4.78, 5) is 0. The van der Waals surface area contributed by atoms with E-state index in [1.165, 1.54) is 23.0 Å². The van der Waals surface area contributed by atoms with E-state index < -0.39 is 0 Å². The summed E-state index contributed by atoms with van der Waals surface area (Å²) in [6, 6.07) is 13.4. The Morgan fingerprint density at radius 3 is 2.43 bits per heavy atom. The molecule has 2 N–H and O–H groups in total. The first-order chi connectivity index (χ1) is 10.9. The van der Waals surface area contributed by atoms with E-state index in [1.54, 1.807) is 12.1 Å². The van der Waals surface area contributed by atoms with Crippen LogP contribution in [0.3, 0.4) is 0 Å². The molecule has 3 rings (SSSR count). The van der Waals surface area contributed by atoms with Gasteiger partial charge >= 0.3 is 0 Å². The molecule has 1 aliphatic heterocycles. The molecule has 0 aromatic heterocycles. The van der Waals surface area contributed by atoms with Crippen molar-refractivity contribution in [3.8, 4) is 11.5 Å². The van der Waals surface area contributed by atoms with Crippen molar-refractivity contribution < 1.29 is 14.8 Å². The summed E-state index contributed by atoms with van der Waals surface area (Å²) in [6.45, 7) is 7.52. The maximum Gasteiger partial charge on any atom is 0.209 e. The molecule has 3 nitrogen and oxygen atoms in total. The number of hydrogen-bond donors (Lipinski definition) is 2. The molecule has 0 atom stereocenters. The molecule has 0 saturated carbocycles. The number of hydrogen-bond acceptors (Lipinski definition) is 2. The van der Waals surface area contributed by atoms with Gasteiger partial charge in [0.25, 0.3) is 0 Å². The van der Waals surface area contributed by atoms with Crippen molar-refractivity contribution in [2.24, 2.45) is 0 Å². The van der Waals surface area contributed by atoms with Crippen molar-refractivity contribution in [3.05, 3.63) is 59.7 Å². The number of phenolic OH excluding ortho intramolecular Hbond substituents is 2. The lowest BCUT2D eigenvalue weighted by atomic mass is 9.81. The fourth-order valence-corrected chi connectivity index (χ4v) is 3.30. The Morgan fingerprint density at radius 1 is 1.00 bits per heavy atom. The zero-order chi connectivity index (χ0) is 16.6. The summed E-state index contributed by atoms with van der Waals surface area (Å²) >= 11 is 0. The highest BCUT2D eigenvalue weighted by Crippen LogP contribution is 2.39. The second kappa shape index (κ2) is 5.58. The molecule has 23 heavy (non-hydrogen) atoms. The minimum Gasteiger partial charge on any atom is -0.504 e. The third-order valence-corrected chi connectivity index (χ3v) is 4.55. The van der Waals surface area contributed by atoms with E-state index in [4.69, 9.17) is 0 Å². The van der Waals surface area contributed by atoms with E-state index in [9.17, 15) is 10.2 Å². The van der Waals surface area contributed by atoms with Gasteiger partial charge in [0.15, 0.2) is 17.2 Å². The van der Waals surface area contributed by atoms with Crippen molar-refractivity contribution in [2.45, 2.75) is 26.2 Å². The van der Waals surface area contributed by atoms with Crippen LogP contribution >= 0.6 is 0 Å². The van der Waals surface area contributed by atoms with Crippen LogP contribution in [-0.2, 0) is 5.41 Å². The Kier molecular flexibility index (Phi) is 3.72. The number of nitrogens with zero attached hydrogens (tertiary/aromatic N) is 1. The second-order valence-corrected chi connectivity index (χ2v) is 6.35. The fraction of sp³-hybridized carbons (Fsp3) is 0.250. The molecule has 0 spiro atoms. The molecule has 2 aromatic rings. The highest BCUT2D eigenvalue weighted by atomic mass is 16.3. The Balaban J connectivity index is 2.04. The molecule has 0 bridgehead atoms. The van der Waals surface area contributed by atoms with Gasteiger partial charge in [0.05, 0.1) is 5.41 Å². The number of rotatable bonds is 3. The van der Waals surface area contributed by atoms with E-state index in [2.05, 4.69) is 55.7 Å². The van der Waals surface area contributed by atoms with Gasteiger partial charge in [0, 0.05) is 17.7 Å². The summed E-state index contributed by atoms with van der Waals surface area (Å²) in [7, 11) is 0. The molecule has 0 radical (unpaired) electrons. The monoisotopic (exact) mass is 308 g/mol. The average molecular weight is 308 g/mol. The lowest BCUT2D eigenvalue weighted by molar-refractivity contribution is -0.433. The van der Waals surface area contributed by atoms with Crippen LogP contribution in [-0.4, -0.2) is 27.0 Å². The highest BCUT2D eigenvalue weighted by molar-refractivity contribution is 6.05. The minimum absolute atomic E-state index is 0.0674. The normalized spacial score (nSPS) is 16.1. The molecular formula is C20H22NO2+. The molecule has 2 aromatic carbocycles. The topological polar surface area (TPSA) is 43.5 Å². The number of para-hydroxylation sites is 1. The average Bonchev–Trinajstić information content (AvgIpc) is 2.76. The molecule has 3 heteroatoms. The summed E-state index contributed by atoms with van der Waals surface area (Å²) in [5, 5.41) is 19.1. The number of aromatic hydroxyl groups is 2. The maximum atomic E-state index is 9.63. The Hall–Kier alpha value is -2.55. The number of benzene rings is 2. The second-order valence-electron chi connectivity index (χ2n) is 6.35. The van der Waals surface area contributed by atoms with E-state index in [1.807, 2.05) is 6.08 Å². The van der Waals surface area contributed by atoms with Crippen LogP contribution in [0, 0.1) is 0 Å². The summed E-state index contributed by atoms with van der Waals surface area (Å²) < 4.78 is 2.33. The van der Waals surface area contributed by atoms with Crippen LogP contribution in [0.25, 0.3) is 6.08 Å². The van der Waals surface area contributed by atoms with Gasteiger partial charge in [-0.2, -0.15) is 4.58 Å². The van der Waals surface area contributed by atoms with Crippen LogP contribution < -0.4 is 0 Å². The van der Waals surface area contributed by atoms with Gasteiger partial charge < -0.3 is 10.2 Å². The third-order valence-electron chi connectivity index (χ3n) is 4.55. The van der Waals surface area contributed by atoms with Gasteiger partial charge in [-0.1, -0.05) is 24.3 Å². The Labute approximate surface area is 136 Å². The minimum atomic E-state index is -0.0986. The first-order valence-corrected chi connectivity index (χ1v) is 7.89. The highest BCUT2D eigenvalue weighted by Gasteiger charge is 2.43. The predicted octanol–water partition coefficient (Wildman–Crippen LogP) is 4.21. The maximum absolute atomic E-state index is 9.63. The van der Waals surface area contributed by atoms with Gasteiger partial charge in [-0.3, -0.25) is 0 Å². The van der Waals surface area contributed by atoms with Gasteiger partial charge in [-0.25, -0.2) is 0 Å². The first-order valence-electron chi connectivity index (χ1n) is 7.89. The van der Waals surface area contributed by atoms with E-state index in [-0.39, 0.29) is 16.9 Å². The van der Waals surface area contributed by atoms with Gasteiger partial charge in [-0.05, 0) is 44.5 Å². The molecule has 1 heterocycles. The van der Waals surface area contributed by atoms with E-state index >= 15 is 0 Å². The lowest BCUT2D eigenvalue weighted by Crippen LogP contribution is -2.27. The van der Waals surface area contributed by atoms with Crippen LogP contribution in [0.4, 0.5) is 5.69 Å². The standard InChI is InChI=1S/C20H21NO2/c1-4-21-16-8-6-5-7-15(16)20(2,3)19(21)12-10-14-9-11-17(22)18(23)13-14/h5-13,23H,4H2,1-3H3/p+1. The van der Waals surface area contributed by atoms with Crippen molar-refractivity contribution in [1.82, 2.24) is 0 Å². The van der Waals surface area contributed by atoms with Crippen molar-refractivity contribution in [1.29, 1.82) is 0 Å². The zero-order valence-corrected chi connectivity index (χ0v) is 13.7. The largest absolute Gasteiger partial charge is 0.504 e. The Bertz CT molecular complexity index is 816. The van der Waals surface area contributed by atoms with Gasteiger partial charge in [0.1, 0.15) is 6.54 Å². The molecule has 0 amide bonds. The predicted molar refractivity (Wildman–Crippen MR) is 93.7 cm³/mol. The van der Waals surface area contributed by atoms with Crippen LogP contribution in [0.2, 0.25) is 0 Å². The Morgan fingerprint density at radius 2 is 1.74 bits per heavy atom. The van der Waals surface area contributed by atoms with Crippen LogP contribution in [0.1, 0.15) is 31.9 Å². The molecule has 118 valence electrons. The number of allylic oxidation sites excluding steroid dienone is 1. The van der Waals surface area contributed by atoms with Crippen molar-refractivity contribution in [3.63, 3.8) is 0 Å². The van der Waals surface area contributed by atoms with E-state index in [0.717, 1.165) is 12.1 Å².